The molecule has 4 heteroatoms. The second-order valence-corrected chi connectivity index (χ2v) is 0.780. The van der Waals surface area contributed by atoms with Crippen LogP contribution in [0.4, 0.5) is 0 Å². The second-order valence-electron chi connectivity index (χ2n) is 0.780. The maximum atomic E-state index is 7.89. The number of hydrogen-bond donors (Lipinski definition) is 0. The summed E-state index contributed by atoms with van der Waals surface area (Å²) in [6, 6.07) is 0. The van der Waals surface area contributed by atoms with Gasteiger partial charge in [-0.1, -0.05) is 0 Å². The molecule has 0 aliphatic rings. The van der Waals surface area contributed by atoms with E-state index in [1.807, 2.05) is 0 Å². The molecule has 0 saturated heterocycles. The normalized spacial score (nSPS) is 5.86. The van der Waals surface area contributed by atoms with E-state index in [2.05, 4.69) is 4.84 Å². The van der Waals surface area contributed by atoms with Gasteiger partial charge in [0, 0.05) is 7.05 Å². The number of nitrogens with zero attached hydrogens (tertiary/aromatic N) is 2. The monoisotopic (exact) mass is 122 g/mol. The zero-order chi connectivity index (χ0) is 4.99. The van der Waals surface area contributed by atoms with E-state index in [4.69, 9.17) is 5.26 Å². The highest BCUT2D eigenvalue weighted by atomic mass is 35.5. The van der Waals surface area contributed by atoms with Crippen LogP contribution in [0.2, 0.25) is 0 Å². The van der Waals surface area contributed by atoms with Crippen LogP contribution in [-0.2, 0) is 4.84 Å². The van der Waals surface area contributed by atoms with Gasteiger partial charge < -0.3 is 0 Å². The number of rotatable bonds is 1. The Kier molecular flexibility index (Phi) is 7.71. The fourth-order valence-corrected chi connectivity index (χ4v) is 0.0408. The van der Waals surface area contributed by atoms with Crippen molar-refractivity contribution in [3.05, 3.63) is 0 Å². The number of nitriles is 1. The molecule has 7 heavy (non-hydrogen) atoms. The van der Waals surface area contributed by atoms with Gasteiger partial charge in [-0.2, -0.15) is 10.3 Å². The van der Waals surface area contributed by atoms with Gasteiger partial charge in [-0.3, -0.25) is 4.84 Å². The fraction of sp³-hybridized carbons (Fsp3) is 0.667. The molecule has 0 heterocycles. The summed E-state index contributed by atoms with van der Waals surface area (Å²) in [7, 11) is 2.96. The highest BCUT2D eigenvalue weighted by molar-refractivity contribution is 5.85. The van der Waals surface area contributed by atoms with Crippen LogP contribution in [-0.4, -0.2) is 19.2 Å². The summed E-state index contributed by atoms with van der Waals surface area (Å²) >= 11 is 0. The molecule has 0 radical (unpaired) electrons. The molecule has 0 aliphatic carbocycles. The minimum Gasteiger partial charge on any atom is -0.268 e. The van der Waals surface area contributed by atoms with E-state index in [1.165, 1.54) is 14.2 Å². The molecular weight excluding hydrogens is 115 g/mol. The number of hydroxylamine groups is 2. The lowest BCUT2D eigenvalue weighted by Gasteiger charge is -1.99. The van der Waals surface area contributed by atoms with Crippen LogP contribution in [0, 0.1) is 11.5 Å². The minimum absolute atomic E-state index is 0. The van der Waals surface area contributed by atoms with Gasteiger partial charge in [0.2, 0.25) is 6.19 Å². The van der Waals surface area contributed by atoms with Gasteiger partial charge in [0.15, 0.2) is 0 Å². The summed E-state index contributed by atoms with van der Waals surface area (Å²) in [4.78, 5) is 4.37. The number of halogens is 1. The molecule has 0 aliphatic heterocycles. The maximum Gasteiger partial charge on any atom is 0.205 e. The molecule has 0 saturated carbocycles. The Morgan fingerprint density at radius 2 is 2.14 bits per heavy atom. The van der Waals surface area contributed by atoms with Crippen LogP contribution < -0.4 is 0 Å². The van der Waals surface area contributed by atoms with Crippen molar-refractivity contribution in [1.82, 2.24) is 5.06 Å². The Morgan fingerprint density at radius 3 is 2.14 bits per heavy atom. The summed E-state index contributed by atoms with van der Waals surface area (Å²) in [6.07, 6.45) is 1.73. The molecule has 0 atom stereocenters. The molecule has 0 spiro atoms. The fourth-order valence-electron chi connectivity index (χ4n) is 0.0408. The first-order chi connectivity index (χ1) is 2.81. The third kappa shape index (κ3) is 5.54. The van der Waals surface area contributed by atoms with Gasteiger partial charge in [-0.25, -0.2) is 0 Å². The van der Waals surface area contributed by atoms with Crippen LogP contribution >= 0.6 is 12.4 Å². The summed E-state index contributed by atoms with van der Waals surface area (Å²) in [6.45, 7) is 0. The Morgan fingerprint density at radius 1 is 1.71 bits per heavy atom. The molecule has 42 valence electrons. The molecule has 0 N–H and O–H groups in total. The van der Waals surface area contributed by atoms with E-state index < -0.39 is 0 Å². The molecular formula is C3H7ClN2O. The Balaban J connectivity index is 0. The van der Waals surface area contributed by atoms with Gasteiger partial charge in [0.1, 0.15) is 0 Å². The van der Waals surface area contributed by atoms with E-state index in [0.717, 1.165) is 5.06 Å². The van der Waals surface area contributed by atoms with Crippen LogP contribution in [0.1, 0.15) is 0 Å². The van der Waals surface area contributed by atoms with Crippen LogP contribution in [0.25, 0.3) is 0 Å². The van der Waals surface area contributed by atoms with Gasteiger partial charge >= 0.3 is 0 Å². The van der Waals surface area contributed by atoms with Gasteiger partial charge in [-0.15, -0.1) is 12.4 Å². The Labute approximate surface area is 48.8 Å². The summed E-state index contributed by atoms with van der Waals surface area (Å²) < 4.78 is 0. The van der Waals surface area contributed by atoms with Crippen molar-refractivity contribution >= 4 is 12.4 Å². The topological polar surface area (TPSA) is 36.3 Å². The summed E-state index contributed by atoms with van der Waals surface area (Å²) in [5.41, 5.74) is 0. The third-order valence-corrected chi connectivity index (χ3v) is 0.415. The molecule has 0 aromatic heterocycles. The molecule has 0 aromatic carbocycles. The first kappa shape index (κ1) is 9.74. The molecule has 0 fully saturated rings. The first-order valence-corrected chi connectivity index (χ1v) is 1.49. The molecule has 0 unspecified atom stereocenters. The average Bonchev–Trinajstić information content (AvgIpc) is 1.65. The molecule has 0 amide bonds. The van der Waals surface area contributed by atoms with E-state index in [-0.39, 0.29) is 12.4 Å². The van der Waals surface area contributed by atoms with E-state index >= 15 is 0 Å². The smallest absolute Gasteiger partial charge is 0.205 e. The van der Waals surface area contributed by atoms with Crippen molar-refractivity contribution in [1.29, 1.82) is 5.26 Å². The molecule has 0 aromatic rings. The van der Waals surface area contributed by atoms with Crippen LogP contribution in [0.15, 0.2) is 0 Å². The maximum absolute atomic E-state index is 7.89. The lowest BCUT2D eigenvalue weighted by molar-refractivity contribution is -0.0557. The van der Waals surface area contributed by atoms with Crippen LogP contribution in [0.5, 0.6) is 0 Å². The minimum atomic E-state index is 0. The quantitative estimate of drug-likeness (QED) is 0.287. The predicted octanol–water partition coefficient (Wildman–Crippen LogP) is 0.382. The van der Waals surface area contributed by atoms with Crippen molar-refractivity contribution in [3.63, 3.8) is 0 Å². The summed E-state index contributed by atoms with van der Waals surface area (Å²) in [5.74, 6) is 0. The number of hydrogen-bond acceptors (Lipinski definition) is 3. The van der Waals surface area contributed by atoms with E-state index in [9.17, 15) is 0 Å². The zero-order valence-corrected chi connectivity index (χ0v) is 5.03. The van der Waals surface area contributed by atoms with E-state index in [1.54, 1.807) is 6.19 Å². The average molecular weight is 123 g/mol. The van der Waals surface area contributed by atoms with Gasteiger partial charge in [-0.05, 0) is 0 Å². The van der Waals surface area contributed by atoms with Gasteiger partial charge in [0.25, 0.3) is 0 Å². The van der Waals surface area contributed by atoms with Gasteiger partial charge in [0.05, 0.1) is 7.11 Å². The lowest BCUT2D eigenvalue weighted by Crippen LogP contribution is -2.06. The Bertz CT molecular complexity index is 69.8. The lowest BCUT2D eigenvalue weighted by atomic mass is 11.2. The SMILES string of the molecule is CON(C)C#N.Cl. The first-order valence-electron chi connectivity index (χ1n) is 1.49. The van der Waals surface area contributed by atoms with Crippen molar-refractivity contribution in [2.75, 3.05) is 14.2 Å². The van der Waals surface area contributed by atoms with E-state index in [0.29, 0.717) is 0 Å². The highest BCUT2D eigenvalue weighted by Gasteiger charge is 1.78. The standard InChI is InChI=1S/C3H6N2O.ClH/c1-5(3-4)6-2;/h1-2H3;1H. The zero-order valence-electron chi connectivity index (χ0n) is 4.21. The molecule has 0 rings (SSSR count). The van der Waals surface area contributed by atoms with Crippen molar-refractivity contribution in [3.8, 4) is 6.19 Å². The van der Waals surface area contributed by atoms with Crippen molar-refractivity contribution < 1.29 is 4.84 Å². The third-order valence-electron chi connectivity index (χ3n) is 0.415. The largest absolute Gasteiger partial charge is 0.268 e. The van der Waals surface area contributed by atoms with Crippen LogP contribution in [0.3, 0.4) is 0 Å². The summed E-state index contributed by atoms with van der Waals surface area (Å²) in [5, 5.41) is 8.94. The highest BCUT2D eigenvalue weighted by Crippen LogP contribution is 1.69. The second kappa shape index (κ2) is 5.54. The Hall–Kier alpha value is -0.460. The van der Waals surface area contributed by atoms with Crippen molar-refractivity contribution in [2.45, 2.75) is 0 Å². The van der Waals surface area contributed by atoms with Crippen molar-refractivity contribution in [2.24, 2.45) is 0 Å². The molecule has 0 bridgehead atoms. The molecule has 3 nitrogen and oxygen atoms in total. The predicted molar refractivity (Wildman–Crippen MR) is 27.6 cm³/mol.